The van der Waals surface area contributed by atoms with Crippen LogP contribution in [-0.2, 0) is 29.6 Å². The van der Waals surface area contributed by atoms with Crippen molar-refractivity contribution >= 4 is 43.8 Å². The Hall–Kier alpha value is -2.14. The van der Waals surface area contributed by atoms with Crippen LogP contribution in [0.25, 0.3) is 12.2 Å². The van der Waals surface area contributed by atoms with E-state index in [0.717, 1.165) is 24.0 Å². The number of benzene rings is 1. The van der Waals surface area contributed by atoms with Crippen molar-refractivity contribution in [3.05, 3.63) is 46.5 Å². The Kier molecular flexibility index (Phi) is 7.61. The van der Waals surface area contributed by atoms with Crippen LogP contribution < -0.4 is 9.44 Å². The van der Waals surface area contributed by atoms with Crippen molar-refractivity contribution in [1.82, 2.24) is 9.44 Å². The second kappa shape index (κ2) is 10.2. The van der Waals surface area contributed by atoms with Crippen molar-refractivity contribution in [2.45, 2.75) is 67.2 Å². The molecule has 4 unspecified atom stereocenters. The summed E-state index contributed by atoms with van der Waals surface area (Å²) in [6.07, 6.45) is 6.50. The molecule has 4 fully saturated rings. The maximum Gasteiger partial charge on any atom is 0.212 e. The number of hydrogen-bond donors (Lipinski definition) is 2. The van der Waals surface area contributed by atoms with Gasteiger partial charge < -0.3 is 0 Å². The van der Waals surface area contributed by atoms with E-state index in [0.29, 0.717) is 37.1 Å². The smallest absolute Gasteiger partial charge is 0.212 e. The van der Waals surface area contributed by atoms with Gasteiger partial charge in [0.15, 0.2) is 11.6 Å². The summed E-state index contributed by atoms with van der Waals surface area (Å²) in [6, 6.07) is 7.67. The third kappa shape index (κ3) is 4.59. The summed E-state index contributed by atoms with van der Waals surface area (Å²) in [5.74, 6) is -0.529. The lowest BCUT2D eigenvalue weighted by Crippen LogP contribution is -2.45. The molecule has 4 aliphatic carbocycles. The molecule has 5 rings (SSSR count). The maximum atomic E-state index is 13.8. The van der Waals surface area contributed by atoms with E-state index in [1.807, 2.05) is 64.1 Å². The number of carbonyl (C=O) groups is 2. The molecule has 42 heavy (non-hydrogen) atoms. The molecule has 0 aliphatic heterocycles. The van der Waals surface area contributed by atoms with E-state index in [9.17, 15) is 26.4 Å². The zero-order valence-electron chi connectivity index (χ0n) is 25.5. The molecule has 0 aromatic heterocycles. The molecule has 1 aromatic rings. The topological polar surface area (TPSA) is 126 Å². The minimum atomic E-state index is -3.58. The summed E-state index contributed by atoms with van der Waals surface area (Å²) >= 11 is 0. The van der Waals surface area contributed by atoms with Crippen LogP contribution in [-0.4, -0.2) is 53.0 Å². The molecule has 0 amide bonds. The van der Waals surface area contributed by atoms with E-state index in [2.05, 4.69) is 9.44 Å². The first-order valence-corrected chi connectivity index (χ1v) is 18.3. The second-order valence-corrected chi connectivity index (χ2v) is 17.4. The summed E-state index contributed by atoms with van der Waals surface area (Å²) in [5, 5.41) is 0. The molecule has 4 saturated carbocycles. The Morgan fingerprint density at radius 2 is 1.02 bits per heavy atom. The van der Waals surface area contributed by atoms with Crippen molar-refractivity contribution in [3.63, 3.8) is 0 Å². The van der Waals surface area contributed by atoms with E-state index in [-0.39, 0.29) is 34.9 Å². The highest BCUT2D eigenvalue weighted by molar-refractivity contribution is 7.89. The Morgan fingerprint density at radius 3 is 1.33 bits per heavy atom. The van der Waals surface area contributed by atoms with Crippen LogP contribution >= 0.6 is 0 Å². The molecule has 8 nitrogen and oxygen atoms in total. The number of rotatable bonds is 10. The molecule has 4 atom stereocenters. The molecule has 4 bridgehead atoms. The van der Waals surface area contributed by atoms with Gasteiger partial charge >= 0.3 is 0 Å². The molecule has 10 heteroatoms. The summed E-state index contributed by atoms with van der Waals surface area (Å²) < 4.78 is 56.0. The first-order valence-electron chi connectivity index (χ1n) is 15.0. The molecule has 1 aromatic carbocycles. The zero-order valence-corrected chi connectivity index (χ0v) is 27.2. The normalized spacial score (nSPS) is 33.4. The van der Waals surface area contributed by atoms with E-state index in [1.54, 1.807) is 13.8 Å². The van der Waals surface area contributed by atoms with Gasteiger partial charge in [0.2, 0.25) is 20.0 Å². The second-order valence-electron chi connectivity index (χ2n) is 13.8. The Labute approximate surface area is 250 Å². The zero-order chi connectivity index (χ0) is 30.9. The number of fused-ring (bicyclic) bond motifs is 4. The van der Waals surface area contributed by atoms with Gasteiger partial charge in [-0.15, -0.1) is 0 Å². The molecular formula is C32H44N2O6S2. The van der Waals surface area contributed by atoms with Gasteiger partial charge in [-0.25, -0.2) is 26.3 Å². The molecule has 2 N–H and O–H groups in total. The van der Waals surface area contributed by atoms with Crippen LogP contribution in [0.5, 0.6) is 0 Å². The minimum absolute atomic E-state index is 0.00724. The summed E-state index contributed by atoms with van der Waals surface area (Å²) in [5.41, 5.74) is 0.292. The molecule has 0 radical (unpaired) electrons. The van der Waals surface area contributed by atoms with Crippen molar-refractivity contribution in [1.29, 1.82) is 0 Å². The fourth-order valence-corrected chi connectivity index (χ4v) is 12.5. The van der Waals surface area contributed by atoms with Crippen LogP contribution in [0.1, 0.15) is 78.4 Å². The number of nitrogens with one attached hydrogen (secondary N) is 2. The summed E-state index contributed by atoms with van der Waals surface area (Å²) in [7, 11) is -7.16. The molecular weight excluding hydrogens is 572 g/mol. The summed E-state index contributed by atoms with van der Waals surface area (Å²) in [4.78, 5) is 27.5. The fourth-order valence-electron chi connectivity index (χ4n) is 8.80. The predicted octanol–water partition coefficient (Wildman–Crippen LogP) is 4.34. The highest BCUT2D eigenvalue weighted by Crippen LogP contribution is 2.67. The summed E-state index contributed by atoms with van der Waals surface area (Å²) in [6.45, 7) is 12.1. The predicted molar refractivity (Wildman–Crippen MR) is 165 cm³/mol. The molecule has 4 aliphatic rings. The van der Waals surface area contributed by atoms with Gasteiger partial charge in [0.05, 0.1) is 22.3 Å². The highest BCUT2D eigenvalue weighted by Gasteiger charge is 2.68. The quantitative estimate of drug-likeness (QED) is 0.377. The lowest BCUT2D eigenvalue weighted by Gasteiger charge is -2.35. The fraction of sp³-hybridized carbons (Fsp3) is 0.625. The monoisotopic (exact) mass is 616 g/mol. The van der Waals surface area contributed by atoms with E-state index >= 15 is 0 Å². The number of carbonyl (C=O) groups excluding carboxylic acids is 2. The SMILES string of the molecule is CCNS(=O)(=O)CC12CCC(C(=Cc3ccc(C=C4C(=O)C5(CS(=O)(=O)NCC)CCC4C5(C)C)cc3)C1=O)C2(C)C. The Balaban J connectivity index is 1.41. The van der Waals surface area contributed by atoms with Crippen LogP contribution in [0.4, 0.5) is 0 Å². The number of Topliss-reactive ketones (excluding diaryl/α,β-unsaturated/α-hetero) is 2. The van der Waals surface area contributed by atoms with Gasteiger partial charge in [-0.05, 0) is 71.6 Å². The highest BCUT2D eigenvalue weighted by atomic mass is 32.2. The van der Waals surface area contributed by atoms with Gasteiger partial charge in [0.25, 0.3) is 0 Å². The lowest BCUT2D eigenvalue weighted by molar-refractivity contribution is -0.125. The van der Waals surface area contributed by atoms with Crippen LogP contribution in [0.2, 0.25) is 0 Å². The number of ketones is 2. The van der Waals surface area contributed by atoms with E-state index < -0.39 is 41.7 Å². The number of hydrogen-bond acceptors (Lipinski definition) is 6. The Morgan fingerprint density at radius 1 is 0.690 bits per heavy atom. The first-order chi connectivity index (χ1) is 19.5. The average molecular weight is 617 g/mol. The van der Waals surface area contributed by atoms with Gasteiger partial charge in [-0.3, -0.25) is 9.59 Å². The van der Waals surface area contributed by atoms with Crippen molar-refractivity contribution < 1.29 is 26.4 Å². The van der Waals surface area contributed by atoms with Gasteiger partial charge in [-0.2, -0.15) is 0 Å². The van der Waals surface area contributed by atoms with Crippen molar-refractivity contribution in [2.75, 3.05) is 24.6 Å². The average Bonchev–Trinajstić information content (AvgIpc) is 3.38. The third-order valence-electron chi connectivity index (χ3n) is 11.3. The number of allylic oxidation sites excluding steroid dienone is 2. The molecule has 0 spiro atoms. The van der Waals surface area contributed by atoms with Crippen molar-refractivity contribution in [2.24, 2.45) is 33.5 Å². The molecule has 230 valence electrons. The largest absolute Gasteiger partial charge is 0.294 e. The van der Waals surface area contributed by atoms with Crippen LogP contribution in [0.15, 0.2) is 35.4 Å². The van der Waals surface area contributed by atoms with Gasteiger partial charge in [0, 0.05) is 24.2 Å². The lowest BCUT2D eigenvalue weighted by atomic mass is 9.70. The number of sulfonamides is 2. The van der Waals surface area contributed by atoms with Crippen LogP contribution in [0, 0.1) is 33.5 Å². The van der Waals surface area contributed by atoms with E-state index in [1.165, 1.54) is 0 Å². The first kappa shape index (κ1) is 31.3. The molecule has 0 heterocycles. The third-order valence-corrected chi connectivity index (χ3v) is 14.5. The Bertz CT molecular complexity index is 1470. The minimum Gasteiger partial charge on any atom is -0.294 e. The van der Waals surface area contributed by atoms with E-state index in [4.69, 9.17) is 0 Å². The maximum absolute atomic E-state index is 13.8. The molecule has 0 saturated heterocycles. The van der Waals surface area contributed by atoms with Gasteiger partial charge in [-0.1, -0.05) is 65.8 Å². The van der Waals surface area contributed by atoms with Crippen LogP contribution in [0.3, 0.4) is 0 Å². The standard InChI is InChI=1S/C32H44N2O6S2/c1-7-33-41(37,38)19-31-15-13-25(29(31,3)4)23(27(31)35)17-21-9-11-22(12-10-21)18-24-26-14-16-32(28(24)36,30(26,5)6)20-42(39,40)34-8-2/h9-12,17-18,25-26,33-34H,7-8,13-16,19-20H2,1-6H3. The van der Waals surface area contributed by atoms with Gasteiger partial charge in [0.1, 0.15) is 0 Å². The van der Waals surface area contributed by atoms with Crippen molar-refractivity contribution in [3.8, 4) is 0 Å².